The number of amides is 1. The quantitative estimate of drug-likeness (QED) is 0.603. The summed E-state index contributed by atoms with van der Waals surface area (Å²) in [6.07, 6.45) is 7.76. The van der Waals surface area contributed by atoms with E-state index in [1.165, 1.54) is 35.2 Å². The monoisotopic (exact) mass is 367 g/mol. The first-order valence-electron chi connectivity index (χ1n) is 8.25. The predicted molar refractivity (Wildman–Crippen MR) is 108 cm³/mol. The average molecular weight is 367 g/mol. The van der Waals surface area contributed by atoms with Crippen molar-refractivity contribution in [2.45, 2.75) is 12.8 Å². The van der Waals surface area contributed by atoms with E-state index < -0.39 is 0 Å². The molecule has 25 heavy (non-hydrogen) atoms. The van der Waals surface area contributed by atoms with Gasteiger partial charge in [-0.3, -0.25) is 14.7 Å². The Bertz CT molecular complexity index is 828. The molecule has 1 aromatic heterocycles. The molecule has 2 aliphatic heterocycles. The number of aromatic nitrogens is 1. The third-order valence-corrected chi connectivity index (χ3v) is 5.66. The minimum absolute atomic E-state index is 0.0911. The largest absolute Gasteiger partial charge is 0.372 e. The SMILES string of the molecule is O=C1/C(=C/c2ccc(N3CCCC3)cc2)SC(=S)N1c1cccnc1. The maximum absolute atomic E-state index is 12.7. The number of rotatable bonds is 3. The van der Waals surface area contributed by atoms with Crippen LogP contribution in [0.4, 0.5) is 11.4 Å². The van der Waals surface area contributed by atoms with E-state index in [1.807, 2.05) is 12.1 Å². The summed E-state index contributed by atoms with van der Waals surface area (Å²) in [6.45, 7) is 2.26. The highest BCUT2D eigenvalue weighted by atomic mass is 32.2. The summed E-state index contributed by atoms with van der Waals surface area (Å²) < 4.78 is 0.540. The summed E-state index contributed by atoms with van der Waals surface area (Å²) in [5.41, 5.74) is 2.96. The van der Waals surface area contributed by atoms with E-state index in [1.54, 1.807) is 18.5 Å². The molecule has 1 aromatic carbocycles. The zero-order valence-electron chi connectivity index (χ0n) is 13.6. The van der Waals surface area contributed by atoms with Gasteiger partial charge in [-0.15, -0.1) is 0 Å². The summed E-state index contributed by atoms with van der Waals surface area (Å²) in [5, 5.41) is 0. The molecule has 0 spiro atoms. The van der Waals surface area contributed by atoms with E-state index in [-0.39, 0.29) is 5.91 Å². The molecule has 0 bridgehead atoms. The summed E-state index contributed by atoms with van der Waals surface area (Å²) in [7, 11) is 0. The topological polar surface area (TPSA) is 36.4 Å². The van der Waals surface area contributed by atoms with Crippen LogP contribution >= 0.6 is 24.0 Å². The lowest BCUT2D eigenvalue weighted by molar-refractivity contribution is -0.113. The molecule has 4 nitrogen and oxygen atoms in total. The van der Waals surface area contributed by atoms with Crippen LogP contribution in [-0.4, -0.2) is 28.3 Å². The van der Waals surface area contributed by atoms with E-state index in [0.29, 0.717) is 14.9 Å². The molecule has 2 fully saturated rings. The van der Waals surface area contributed by atoms with Gasteiger partial charge in [-0.1, -0.05) is 36.1 Å². The Balaban J connectivity index is 1.55. The van der Waals surface area contributed by atoms with Gasteiger partial charge in [0, 0.05) is 25.0 Å². The zero-order chi connectivity index (χ0) is 17.2. The van der Waals surface area contributed by atoms with E-state index in [2.05, 4.69) is 34.1 Å². The van der Waals surface area contributed by atoms with Crippen molar-refractivity contribution in [3.63, 3.8) is 0 Å². The van der Waals surface area contributed by atoms with Gasteiger partial charge in [0.15, 0.2) is 4.32 Å². The van der Waals surface area contributed by atoms with Crippen molar-refractivity contribution >= 4 is 51.7 Å². The molecule has 0 unspecified atom stereocenters. The van der Waals surface area contributed by atoms with Crippen molar-refractivity contribution in [1.82, 2.24) is 4.98 Å². The zero-order valence-corrected chi connectivity index (χ0v) is 15.2. The van der Waals surface area contributed by atoms with Crippen molar-refractivity contribution < 1.29 is 4.79 Å². The Morgan fingerprint density at radius 3 is 2.52 bits per heavy atom. The average Bonchev–Trinajstić information content (AvgIpc) is 3.26. The molecule has 6 heteroatoms. The number of pyridine rings is 1. The molecular weight excluding hydrogens is 350 g/mol. The molecule has 4 rings (SSSR count). The van der Waals surface area contributed by atoms with Gasteiger partial charge in [0.2, 0.25) is 0 Å². The maximum atomic E-state index is 12.7. The molecule has 2 aromatic rings. The Morgan fingerprint density at radius 2 is 1.84 bits per heavy atom. The number of hydrogen-bond acceptors (Lipinski definition) is 5. The first-order valence-corrected chi connectivity index (χ1v) is 9.48. The summed E-state index contributed by atoms with van der Waals surface area (Å²) in [5.74, 6) is -0.0911. The van der Waals surface area contributed by atoms with Crippen LogP contribution in [0, 0.1) is 0 Å². The Labute approximate surface area is 156 Å². The first-order chi connectivity index (χ1) is 12.2. The van der Waals surface area contributed by atoms with Crippen molar-refractivity contribution in [3.8, 4) is 0 Å². The molecular formula is C19H17N3OS2. The molecule has 0 saturated carbocycles. The second-order valence-corrected chi connectivity index (χ2v) is 7.69. The Kier molecular flexibility index (Phi) is 4.55. The standard InChI is InChI=1S/C19H17N3OS2/c23-18-17(25-19(24)22(18)16-4-3-9-20-13-16)12-14-5-7-15(8-6-14)21-10-1-2-11-21/h3-9,12-13H,1-2,10-11H2/b17-12-. The van der Waals surface area contributed by atoms with Crippen LogP contribution in [0.1, 0.15) is 18.4 Å². The highest BCUT2D eigenvalue weighted by Crippen LogP contribution is 2.35. The summed E-state index contributed by atoms with van der Waals surface area (Å²) >= 11 is 6.71. The highest BCUT2D eigenvalue weighted by Gasteiger charge is 2.33. The number of hydrogen-bond donors (Lipinski definition) is 0. The van der Waals surface area contributed by atoms with Gasteiger partial charge >= 0.3 is 0 Å². The van der Waals surface area contributed by atoms with Crippen molar-refractivity contribution in [1.29, 1.82) is 0 Å². The van der Waals surface area contributed by atoms with Crippen LogP contribution in [0.15, 0.2) is 53.7 Å². The van der Waals surface area contributed by atoms with Gasteiger partial charge < -0.3 is 4.90 Å². The lowest BCUT2D eigenvalue weighted by atomic mass is 10.2. The van der Waals surface area contributed by atoms with E-state index in [9.17, 15) is 4.79 Å². The van der Waals surface area contributed by atoms with Gasteiger partial charge in [-0.05, 0) is 48.7 Å². The minimum Gasteiger partial charge on any atom is -0.372 e. The predicted octanol–water partition coefficient (Wildman–Crippen LogP) is 4.09. The third-order valence-electron chi connectivity index (χ3n) is 4.36. The number of thioether (sulfide) groups is 1. The normalized spacial score (nSPS) is 19.3. The number of carbonyl (C=O) groups is 1. The van der Waals surface area contributed by atoms with E-state index in [4.69, 9.17) is 12.2 Å². The fourth-order valence-corrected chi connectivity index (χ4v) is 4.38. The lowest BCUT2D eigenvalue weighted by Crippen LogP contribution is -2.27. The number of benzene rings is 1. The van der Waals surface area contributed by atoms with Crippen molar-refractivity contribution in [2.24, 2.45) is 0 Å². The molecule has 0 atom stereocenters. The van der Waals surface area contributed by atoms with Gasteiger partial charge in [-0.2, -0.15) is 0 Å². The molecule has 2 saturated heterocycles. The fourth-order valence-electron chi connectivity index (χ4n) is 3.08. The van der Waals surface area contributed by atoms with Gasteiger partial charge in [0.05, 0.1) is 16.8 Å². The van der Waals surface area contributed by atoms with Crippen LogP contribution in [0.2, 0.25) is 0 Å². The number of thiocarbonyl (C=S) groups is 1. The van der Waals surface area contributed by atoms with Crippen LogP contribution < -0.4 is 9.80 Å². The Hall–Kier alpha value is -2.18. The third kappa shape index (κ3) is 3.32. The first kappa shape index (κ1) is 16.3. The lowest BCUT2D eigenvalue weighted by Gasteiger charge is -2.17. The second-order valence-electron chi connectivity index (χ2n) is 6.01. The van der Waals surface area contributed by atoms with Crippen LogP contribution in [0.5, 0.6) is 0 Å². The summed E-state index contributed by atoms with van der Waals surface area (Å²) in [4.78, 5) is 21.4. The molecule has 0 N–H and O–H groups in total. The smallest absolute Gasteiger partial charge is 0.270 e. The van der Waals surface area contributed by atoms with Crippen molar-refractivity contribution in [3.05, 3.63) is 59.3 Å². The molecule has 2 aliphatic rings. The van der Waals surface area contributed by atoms with Gasteiger partial charge in [0.1, 0.15) is 0 Å². The van der Waals surface area contributed by atoms with Crippen LogP contribution in [0.3, 0.4) is 0 Å². The highest BCUT2D eigenvalue weighted by molar-refractivity contribution is 8.27. The van der Waals surface area contributed by atoms with Crippen LogP contribution in [0.25, 0.3) is 6.08 Å². The molecule has 3 heterocycles. The Morgan fingerprint density at radius 1 is 1.08 bits per heavy atom. The minimum atomic E-state index is -0.0911. The number of anilines is 2. The van der Waals surface area contributed by atoms with E-state index in [0.717, 1.165) is 18.7 Å². The molecule has 1 amide bonds. The second kappa shape index (κ2) is 6.98. The molecule has 126 valence electrons. The van der Waals surface area contributed by atoms with E-state index >= 15 is 0 Å². The number of nitrogens with zero attached hydrogens (tertiary/aromatic N) is 3. The molecule has 0 aliphatic carbocycles. The van der Waals surface area contributed by atoms with Gasteiger partial charge in [0.25, 0.3) is 5.91 Å². The van der Waals surface area contributed by atoms with Gasteiger partial charge in [-0.25, -0.2) is 0 Å². The van der Waals surface area contributed by atoms with Crippen molar-refractivity contribution in [2.75, 3.05) is 22.9 Å². The maximum Gasteiger partial charge on any atom is 0.270 e. The summed E-state index contributed by atoms with van der Waals surface area (Å²) in [6, 6.07) is 12.0. The number of carbonyl (C=O) groups excluding carboxylic acids is 1. The van der Waals surface area contributed by atoms with Crippen LogP contribution in [-0.2, 0) is 4.79 Å². The fraction of sp³-hybridized carbons (Fsp3) is 0.211. The molecule has 0 radical (unpaired) electrons.